The molecule has 0 aromatic rings. The Kier molecular flexibility index (Phi) is 9.86. The lowest BCUT2D eigenvalue weighted by atomic mass is 11.0. The lowest BCUT2D eigenvalue weighted by Crippen LogP contribution is -1.88. The molecule has 5 heteroatoms. The fourth-order valence-electron chi connectivity index (χ4n) is 0.300. The number of thiol groups is 2. The molecule has 0 N–H and O–H groups in total. The van der Waals surface area contributed by atoms with Gasteiger partial charge in [-0.3, -0.25) is 0 Å². The summed E-state index contributed by atoms with van der Waals surface area (Å²) in [7, 11) is 0. The summed E-state index contributed by atoms with van der Waals surface area (Å²) in [6.07, 6.45) is 0. The maximum Gasteiger partial charge on any atom is 0.104 e. The van der Waals surface area contributed by atoms with Crippen LogP contribution in [-0.4, -0.2) is 26.5 Å². The van der Waals surface area contributed by atoms with Crippen LogP contribution in [0.15, 0.2) is 0 Å². The van der Waals surface area contributed by atoms with Gasteiger partial charge in [0.1, 0.15) is 3.53 Å². The molecule has 0 aliphatic rings. The van der Waals surface area contributed by atoms with E-state index in [2.05, 4.69) is 25.3 Å². The highest BCUT2D eigenvalue weighted by atomic mass is 32.2. The average molecular weight is 230 g/mol. The largest absolute Gasteiger partial charge is 0.178 e. The quantitative estimate of drug-likeness (QED) is 0.563. The molecule has 0 bridgehead atoms. The van der Waals surface area contributed by atoms with E-state index < -0.39 is 0 Å². The van der Waals surface area contributed by atoms with Crippen LogP contribution in [0.3, 0.4) is 0 Å². The molecule has 60 valence electrons. The summed E-state index contributed by atoms with van der Waals surface area (Å²) in [6, 6.07) is 0. The van der Waals surface area contributed by atoms with Crippen molar-refractivity contribution in [1.29, 1.82) is 0 Å². The lowest BCUT2D eigenvalue weighted by molar-refractivity contribution is 1.58. The van der Waals surface area contributed by atoms with E-state index in [4.69, 9.17) is 12.2 Å². The van der Waals surface area contributed by atoms with Crippen LogP contribution in [0, 0.1) is 0 Å². The minimum atomic E-state index is 0.895. The van der Waals surface area contributed by atoms with Gasteiger partial charge in [-0.15, -0.1) is 23.5 Å². The molecule has 0 aliphatic carbocycles. The Morgan fingerprint density at radius 1 is 1.10 bits per heavy atom. The van der Waals surface area contributed by atoms with E-state index in [1.165, 1.54) is 0 Å². The van der Waals surface area contributed by atoms with Gasteiger partial charge >= 0.3 is 0 Å². The van der Waals surface area contributed by atoms with Crippen molar-refractivity contribution in [2.75, 3.05) is 23.0 Å². The fraction of sp³-hybridized carbons (Fsp3) is 0.800. The van der Waals surface area contributed by atoms with Crippen molar-refractivity contribution >= 4 is 64.5 Å². The van der Waals surface area contributed by atoms with Gasteiger partial charge < -0.3 is 0 Å². The molecule has 0 saturated carbocycles. The van der Waals surface area contributed by atoms with Crippen LogP contribution >= 0.6 is 61.0 Å². The summed E-state index contributed by atoms with van der Waals surface area (Å²) in [5.41, 5.74) is 0. The Hall–Kier alpha value is 1.49. The van der Waals surface area contributed by atoms with Gasteiger partial charge in [-0.1, -0.05) is 12.2 Å². The van der Waals surface area contributed by atoms with Crippen LogP contribution in [0.1, 0.15) is 0 Å². The molecular weight excluding hydrogens is 220 g/mol. The van der Waals surface area contributed by atoms with E-state index in [0.717, 1.165) is 26.5 Å². The summed E-state index contributed by atoms with van der Waals surface area (Å²) in [4.78, 5) is 0. The normalized spacial score (nSPS) is 9.80. The van der Waals surface area contributed by atoms with Gasteiger partial charge in [0.05, 0.1) is 0 Å². The number of hydrogen-bond donors (Lipinski definition) is 2. The van der Waals surface area contributed by atoms with Crippen LogP contribution in [0.5, 0.6) is 0 Å². The van der Waals surface area contributed by atoms with Crippen LogP contribution in [0.4, 0.5) is 0 Å². The molecule has 0 unspecified atom stereocenters. The first-order valence-corrected chi connectivity index (χ1v) is 6.47. The van der Waals surface area contributed by atoms with Gasteiger partial charge in [0.15, 0.2) is 0 Å². The van der Waals surface area contributed by atoms with Gasteiger partial charge in [-0.2, -0.15) is 25.3 Å². The molecule has 10 heavy (non-hydrogen) atoms. The van der Waals surface area contributed by atoms with Crippen LogP contribution in [0.25, 0.3) is 0 Å². The Morgan fingerprint density at radius 2 is 1.50 bits per heavy atom. The van der Waals surface area contributed by atoms with Crippen molar-refractivity contribution in [2.45, 2.75) is 0 Å². The van der Waals surface area contributed by atoms with Gasteiger partial charge in [0.25, 0.3) is 0 Å². The highest BCUT2D eigenvalue weighted by Crippen LogP contribution is 2.16. The Balaban J connectivity index is 3.09. The number of rotatable bonds is 4. The number of hydrogen-bond acceptors (Lipinski definition) is 5. The molecule has 0 fully saturated rings. The Labute approximate surface area is 87.1 Å². The van der Waals surface area contributed by atoms with Crippen molar-refractivity contribution in [3.05, 3.63) is 0 Å². The topological polar surface area (TPSA) is 0 Å². The predicted octanol–water partition coefficient (Wildman–Crippen LogP) is 2.60. The fourth-order valence-corrected chi connectivity index (χ4v) is 2.70. The zero-order valence-corrected chi connectivity index (χ0v) is 9.69. The zero-order valence-electron chi connectivity index (χ0n) is 5.45. The van der Waals surface area contributed by atoms with Crippen molar-refractivity contribution in [1.82, 2.24) is 0 Å². The van der Waals surface area contributed by atoms with Crippen LogP contribution < -0.4 is 0 Å². The SMILES string of the molecule is S=C(SCCS)SCCS. The molecule has 0 atom stereocenters. The number of thiocarbonyl (C=S) groups is 1. The van der Waals surface area contributed by atoms with Crippen molar-refractivity contribution in [2.24, 2.45) is 0 Å². The molecule has 0 aromatic carbocycles. The summed E-state index contributed by atoms with van der Waals surface area (Å²) < 4.78 is 1.02. The standard InChI is InChI=1S/C5H10S5/c6-1-3-9-5(8)10-4-2-7/h6-7H,1-4H2. The average Bonchev–Trinajstić information content (AvgIpc) is 1.97. The van der Waals surface area contributed by atoms with E-state index in [1.807, 2.05) is 0 Å². The molecule has 0 nitrogen and oxygen atoms in total. The Bertz CT molecular complexity index is 82.0. The van der Waals surface area contributed by atoms with Crippen LogP contribution in [-0.2, 0) is 0 Å². The second kappa shape index (κ2) is 8.59. The maximum absolute atomic E-state index is 5.04. The van der Waals surface area contributed by atoms with Crippen molar-refractivity contribution in [3.8, 4) is 0 Å². The van der Waals surface area contributed by atoms with Gasteiger partial charge in [-0.05, 0) is 11.5 Å². The minimum absolute atomic E-state index is 0.895. The molecular formula is C5H10S5. The monoisotopic (exact) mass is 230 g/mol. The molecule has 0 radical (unpaired) electrons. The summed E-state index contributed by atoms with van der Waals surface area (Å²) in [5, 5.41) is 0. The number of thioether (sulfide) groups is 2. The van der Waals surface area contributed by atoms with E-state index in [-0.39, 0.29) is 0 Å². The van der Waals surface area contributed by atoms with E-state index in [1.54, 1.807) is 23.5 Å². The predicted molar refractivity (Wildman–Crippen MR) is 65.2 cm³/mol. The smallest absolute Gasteiger partial charge is 0.104 e. The van der Waals surface area contributed by atoms with Crippen molar-refractivity contribution < 1.29 is 0 Å². The maximum atomic E-state index is 5.04. The second-order valence-electron chi connectivity index (χ2n) is 1.39. The first kappa shape index (κ1) is 11.5. The molecule has 0 spiro atoms. The third-order valence-electron chi connectivity index (χ3n) is 0.622. The van der Waals surface area contributed by atoms with E-state index in [0.29, 0.717) is 0 Å². The summed E-state index contributed by atoms with van der Waals surface area (Å²) >= 11 is 16.6. The van der Waals surface area contributed by atoms with Crippen molar-refractivity contribution in [3.63, 3.8) is 0 Å². The Morgan fingerprint density at radius 3 is 1.80 bits per heavy atom. The lowest BCUT2D eigenvalue weighted by Gasteiger charge is -1.98. The molecule has 0 aromatic heterocycles. The third-order valence-corrected chi connectivity index (χ3v) is 4.38. The highest BCUT2D eigenvalue weighted by Gasteiger charge is 1.95. The van der Waals surface area contributed by atoms with Gasteiger partial charge in [-0.25, -0.2) is 0 Å². The second-order valence-corrected chi connectivity index (χ2v) is 5.68. The zero-order chi connectivity index (χ0) is 7.82. The van der Waals surface area contributed by atoms with Gasteiger partial charge in [0, 0.05) is 11.5 Å². The minimum Gasteiger partial charge on any atom is -0.178 e. The van der Waals surface area contributed by atoms with E-state index in [9.17, 15) is 0 Å². The summed E-state index contributed by atoms with van der Waals surface area (Å²) in [6.45, 7) is 0. The molecule has 0 amide bonds. The molecule has 0 heterocycles. The first-order chi connectivity index (χ1) is 4.81. The highest BCUT2D eigenvalue weighted by molar-refractivity contribution is 8.47. The molecule has 0 aliphatic heterocycles. The van der Waals surface area contributed by atoms with Crippen LogP contribution in [0.2, 0.25) is 0 Å². The first-order valence-electron chi connectivity index (χ1n) is 2.82. The molecule has 0 saturated heterocycles. The van der Waals surface area contributed by atoms with Gasteiger partial charge in [0.2, 0.25) is 0 Å². The third kappa shape index (κ3) is 7.60. The summed E-state index contributed by atoms with van der Waals surface area (Å²) in [5.74, 6) is 3.82. The molecule has 0 rings (SSSR count). The van der Waals surface area contributed by atoms with E-state index >= 15 is 0 Å².